The van der Waals surface area contributed by atoms with Gasteiger partial charge in [-0.25, -0.2) is 8.78 Å². The maximum Gasteiger partial charge on any atom is 0.318 e. The van der Waals surface area contributed by atoms with E-state index in [2.05, 4.69) is 5.10 Å². The number of halogens is 2. The lowest BCUT2D eigenvalue weighted by molar-refractivity contribution is -0.385. The highest BCUT2D eigenvalue weighted by Gasteiger charge is 2.30. The summed E-state index contributed by atoms with van der Waals surface area (Å²) in [4.78, 5) is 20.2. The van der Waals surface area contributed by atoms with Crippen LogP contribution < -0.4 is 0 Å². The first-order chi connectivity index (χ1) is 6.45. The quantitative estimate of drug-likeness (QED) is 0.415. The highest BCUT2D eigenvalue weighted by Crippen LogP contribution is 2.19. The van der Waals surface area contributed by atoms with Crippen LogP contribution in [0.15, 0.2) is 6.20 Å². The highest BCUT2D eigenvalue weighted by atomic mass is 19.3. The Labute approximate surface area is 76.3 Å². The monoisotopic (exact) mass is 205 g/mol. The molecule has 1 heterocycles. The molecule has 0 spiro atoms. The summed E-state index contributed by atoms with van der Waals surface area (Å²) in [6.07, 6.45) is -2.51. The number of nitrogens with zero attached hydrogens (tertiary/aromatic N) is 3. The zero-order valence-electron chi connectivity index (χ0n) is 6.98. The van der Waals surface area contributed by atoms with E-state index in [4.69, 9.17) is 0 Å². The number of ketones is 1. The molecule has 0 N–H and O–H groups in total. The van der Waals surface area contributed by atoms with Crippen molar-refractivity contribution in [2.24, 2.45) is 7.05 Å². The van der Waals surface area contributed by atoms with Gasteiger partial charge in [0.1, 0.15) is 6.20 Å². The van der Waals surface area contributed by atoms with Gasteiger partial charge in [0, 0.05) is 7.05 Å². The lowest BCUT2D eigenvalue weighted by atomic mass is 10.2. The van der Waals surface area contributed by atoms with Crippen molar-refractivity contribution in [3.8, 4) is 0 Å². The molecule has 0 aliphatic heterocycles. The smallest absolute Gasteiger partial charge is 0.286 e. The van der Waals surface area contributed by atoms with Gasteiger partial charge in [-0.15, -0.1) is 0 Å². The van der Waals surface area contributed by atoms with Crippen LogP contribution in [0.5, 0.6) is 0 Å². The Hall–Kier alpha value is -1.86. The molecule has 0 bridgehead atoms. The van der Waals surface area contributed by atoms with Gasteiger partial charge in [-0.3, -0.25) is 19.6 Å². The Kier molecular flexibility index (Phi) is 2.54. The second-order valence-corrected chi connectivity index (χ2v) is 2.42. The van der Waals surface area contributed by atoms with Gasteiger partial charge < -0.3 is 0 Å². The number of aryl methyl sites for hydroxylation is 1. The van der Waals surface area contributed by atoms with Crippen molar-refractivity contribution < 1.29 is 18.5 Å². The number of carbonyl (C=O) groups is 1. The van der Waals surface area contributed by atoms with Crippen LogP contribution in [-0.2, 0) is 7.05 Å². The third-order valence-electron chi connectivity index (χ3n) is 1.55. The molecule has 0 fully saturated rings. The van der Waals surface area contributed by atoms with Crippen LogP contribution in [0.4, 0.5) is 14.5 Å². The average molecular weight is 205 g/mol. The molecule has 0 radical (unpaired) electrons. The summed E-state index contributed by atoms with van der Waals surface area (Å²) in [6.45, 7) is 0. The van der Waals surface area contributed by atoms with Crippen LogP contribution in [-0.4, -0.2) is 26.9 Å². The third-order valence-corrected chi connectivity index (χ3v) is 1.55. The molecule has 76 valence electrons. The minimum atomic E-state index is -3.27. The summed E-state index contributed by atoms with van der Waals surface area (Å²) in [5.41, 5.74) is -1.40. The number of nitro groups is 1. The fraction of sp³-hybridized carbons (Fsp3) is 0.333. The zero-order chi connectivity index (χ0) is 10.9. The Bertz CT molecular complexity index is 388. The van der Waals surface area contributed by atoms with Gasteiger partial charge in [-0.2, -0.15) is 5.10 Å². The molecule has 0 aromatic carbocycles. The summed E-state index contributed by atoms with van der Waals surface area (Å²) in [7, 11) is 1.18. The summed E-state index contributed by atoms with van der Waals surface area (Å²) in [6, 6.07) is 0. The number of alkyl halides is 2. The first kappa shape index (κ1) is 10.2. The number of hydrogen-bond acceptors (Lipinski definition) is 4. The summed E-state index contributed by atoms with van der Waals surface area (Å²) in [5, 5.41) is 13.7. The van der Waals surface area contributed by atoms with Crippen molar-refractivity contribution in [3.05, 3.63) is 22.0 Å². The molecule has 0 atom stereocenters. The number of aromatic nitrogens is 2. The summed E-state index contributed by atoms with van der Waals surface area (Å²) >= 11 is 0. The second kappa shape index (κ2) is 3.48. The maximum atomic E-state index is 12.0. The molecule has 0 saturated carbocycles. The van der Waals surface area contributed by atoms with E-state index in [1.54, 1.807) is 0 Å². The van der Waals surface area contributed by atoms with Crippen molar-refractivity contribution in [2.45, 2.75) is 6.43 Å². The Morgan fingerprint density at radius 1 is 1.71 bits per heavy atom. The van der Waals surface area contributed by atoms with Gasteiger partial charge in [0.2, 0.25) is 0 Å². The zero-order valence-corrected chi connectivity index (χ0v) is 6.98. The molecule has 0 aliphatic rings. The molecule has 0 saturated heterocycles. The molecule has 0 aliphatic carbocycles. The van der Waals surface area contributed by atoms with E-state index in [9.17, 15) is 23.7 Å². The SMILES string of the molecule is Cn1ncc([N+](=O)[O-])c1C(=O)C(F)F. The number of carbonyl (C=O) groups excluding carboxylic acids is 1. The Morgan fingerprint density at radius 2 is 2.29 bits per heavy atom. The van der Waals surface area contributed by atoms with Crippen LogP contribution in [0.25, 0.3) is 0 Å². The van der Waals surface area contributed by atoms with Crippen LogP contribution in [0.1, 0.15) is 10.5 Å². The van der Waals surface area contributed by atoms with E-state index < -0.39 is 28.5 Å². The topological polar surface area (TPSA) is 78.0 Å². The van der Waals surface area contributed by atoms with Crippen LogP contribution >= 0.6 is 0 Å². The highest BCUT2D eigenvalue weighted by molar-refractivity contribution is 6.00. The van der Waals surface area contributed by atoms with Crippen molar-refractivity contribution in [1.82, 2.24) is 9.78 Å². The normalized spacial score (nSPS) is 10.6. The molecule has 1 aromatic heterocycles. The predicted octanol–water partition coefficient (Wildman–Crippen LogP) is 0.776. The number of Topliss-reactive ketones (excluding diaryl/α,β-unsaturated/α-hetero) is 1. The van der Waals surface area contributed by atoms with E-state index in [0.717, 1.165) is 10.9 Å². The van der Waals surface area contributed by atoms with Crippen molar-refractivity contribution >= 4 is 11.5 Å². The van der Waals surface area contributed by atoms with E-state index in [-0.39, 0.29) is 0 Å². The number of rotatable bonds is 3. The molecule has 1 rings (SSSR count). The fourth-order valence-corrected chi connectivity index (χ4v) is 0.949. The van der Waals surface area contributed by atoms with Gasteiger partial charge in [0.25, 0.3) is 5.78 Å². The molecule has 0 amide bonds. The second-order valence-electron chi connectivity index (χ2n) is 2.42. The first-order valence-electron chi connectivity index (χ1n) is 3.44. The number of hydrogen-bond donors (Lipinski definition) is 0. The molecule has 14 heavy (non-hydrogen) atoms. The Morgan fingerprint density at radius 3 is 2.71 bits per heavy atom. The van der Waals surface area contributed by atoms with Crippen LogP contribution in [0, 0.1) is 10.1 Å². The fourth-order valence-electron chi connectivity index (χ4n) is 0.949. The molecular weight excluding hydrogens is 200 g/mol. The van der Waals surface area contributed by atoms with E-state index in [1.807, 2.05) is 0 Å². The lowest BCUT2D eigenvalue weighted by Gasteiger charge is -1.98. The first-order valence-corrected chi connectivity index (χ1v) is 3.44. The summed E-state index contributed by atoms with van der Waals surface area (Å²) < 4.78 is 24.8. The van der Waals surface area contributed by atoms with Gasteiger partial charge in [0.05, 0.1) is 4.92 Å². The molecular formula is C6H5F2N3O3. The third kappa shape index (κ3) is 1.58. The minimum absolute atomic E-state index is 0.690. The molecule has 1 aromatic rings. The van der Waals surface area contributed by atoms with Crippen molar-refractivity contribution in [2.75, 3.05) is 0 Å². The predicted molar refractivity (Wildman–Crippen MR) is 40.2 cm³/mol. The van der Waals surface area contributed by atoms with Gasteiger partial charge in [0.15, 0.2) is 5.69 Å². The van der Waals surface area contributed by atoms with E-state index in [1.165, 1.54) is 7.05 Å². The maximum absolute atomic E-state index is 12.0. The van der Waals surface area contributed by atoms with Gasteiger partial charge in [-0.05, 0) is 0 Å². The lowest BCUT2D eigenvalue weighted by Crippen LogP contribution is -2.16. The summed E-state index contributed by atoms with van der Waals surface area (Å²) in [5.74, 6) is -1.60. The van der Waals surface area contributed by atoms with E-state index >= 15 is 0 Å². The van der Waals surface area contributed by atoms with Crippen molar-refractivity contribution in [1.29, 1.82) is 0 Å². The molecule has 8 heteroatoms. The standard InChI is InChI=1S/C6H5F2N3O3/c1-10-4(5(12)6(7)8)3(2-9-10)11(13)14/h2,6H,1H3. The largest absolute Gasteiger partial charge is 0.318 e. The molecule has 0 unspecified atom stereocenters. The minimum Gasteiger partial charge on any atom is -0.286 e. The van der Waals surface area contributed by atoms with E-state index in [0.29, 0.717) is 0 Å². The Balaban J connectivity index is 3.24. The van der Waals surface area contributed by atoms with Gasteiger partial charge >= 0.3 is 12.1 Å². The van der Waals surface area contributed by atoms with Crippen LogP contribution in [0.2, 0.25) is 0 Å². The van der Waals surface area contributed by atoms with Gasteiger partial charge in [-0.1, -0.05) is 0 Å². The average Bonchev–Trinajstić information content (AvgIpc) is 2.45. The van der Waals surface area contributed by atoms with Crippen LogP contribution in [0.3, 0.4) is 0 Å². The van der Waals surface area contributed by atoms with Crippen molar-refractivity contribution in [3.63, 3.8) is 0 Å². The molecule has 6 nitrogen and oxygen atoms in total.